The first-order valence-corrected chi connectivity index (χ1v) is 8.62. The standard InChI is InChI=1S/C20H19F3N2O2/c1-2-6-17-13-19(27,20(21,22)23)25(24-17)18(26)16-11-9-15(10-12-16)14-7-4-3-5-8-14/h3-5,7-12,27H,2,6,13H2,1H3/t19-/m1/s1. The average molecular weight is 376 g/mol. The van der Waals surface area contributed by atoms with E-state index in [0.717, 1.165) is 11.1 Å². The molecule has 1 heterocycles. The van der Waals surface area contributed by atoms with Crippen LogP contribution in [-0.4, -0.2) is 33.6 Å². The van der Waals surface area contributed by atoms with Gasteiger partial charge in [0.1, 0.15) is 0 Å². The second-order valence-corrected chi connectivity index (χ2v) is 6.47. The molecule has 1 N–H and O–H groups in total. The molecule has 1 atom stereocenters. The normalized spacial score (nSPS) is 19.9. The molecule has 1 aliphatic heterocycles. The lowest BCUT2D eigenvalue weighted by Crippen LogP contribution is -2.56. The summed E-state index contributed by atoms with van der Waals surface area (Å²) in [5, 5.41) is 14.2. The zero-order valence-corrected chi connectivity index (χ0v) is 14.7. The van der Waals surface area contributed by atoms with Gasteiger partial charge in [-0.1, -0.05) is 55.8 Å². The summed E-state index contributed by atoms with van der Waals surface area (Å²) in [6, 6.07) is 15.6. The molecule has 0 fully saturated rings. The molecule has 4 nitrogen and oxygen atoms in total. The summed E-state index contributed by atoms with van der Waals surface area (Å²) >= 11 is 0. The Balaban J connectivity index is 1.91. The summed E-state index contributed by atoms with van der Waals surface area (Å²) in [4.78, 5) is 12.7. The monoisotopic (exact) mass is 376 g/mol. The van der Waals surface area contributed by atoms with Gasteiger partial charge in [0.25, 0.3) is 11.6 Å². The van der Waals surface area contributed by atoms with Crippen molar-refractivity contribution in [1.29, 1.82) is 0 Å². The van der Waals surface area contributed by atoms with Gasteiger partial charge in [-0.3, -0.25) is 4.79 Å². The third-order valence-electron chi connectivity index (χ3n) is 4.47. The first kappa shape index (κ1) is 19.1. The second-order valence-electron chi connectivity index (χ2n) is 6.47. The molecule has 27 heavy (non-hydrogen) atoms. The van der Waals surface area contributed by atoms with E-state index >= 15 is 0 Å². The highest BCUT2D eigenvalue weighted by atomic mass is 19.4. The van der Waals surface area contributed by atoms with E-state index < -0.39 is 24.2 Å². The van der Waals surface area contributed by atoms with Gasteiger partial charge >= 0.3 is 6.18 Å². The summed E-state index contributed by atoms with van der Waals surface area (Å²) in [5.41, 5.74) is -1.37. The first-order valence-electron chi connectivity index (χ1n) is 8.62. The van der Waals surface area contributed by atoms with Gasteiger partial charge in [0.05, 0.1) is 0 Å². The number of amides is 1. The summed E-state index contributed by atoms with van der Waals surface area (Å²) in [5.74, 6) is -0.986. The lowest BCUT2D eigenvalue weighted by atomic mass is 10.0. The summed E-state index contributed by atoms with van der Waals surface area (Å²) in [7, 11) is 0. The number of hydrogen-bond donors (Lipinski definition) is 1. The Morgan fingerprint density at radius 3 is 2.26 bits per heavy atom. The quantitative estimate of drug-likeness (QED) is 0.847. The summed E-state index contributed by atoms with van der Waals surface area (Å²) in [6.45, 7) is 1.79. The third kappa shape index (κ3) is 3.60. The third-order valence-corrected chi connectivity index (χ3v) is 4.47. The number of rotatable bonds is 4. The molecule has 0 saturated heterocycles. The smallest absolute Gasteiger partial charge is 0.362 e. The van der Waals surface area contributed by atoms with Crippen LogP contribution in [0.15, 0.2) is 59.7 Å². The van der Waals surface area contributed by atoms with Gasteiger partial charge < -0.3 is 5.11 Å². The predicted octanol–water partition coefficient (Wildman–Crippen LogP) is 4.61. The van der Waals surface area contributed by atoms with Crippen LogP contribution in [0.25, 0.3) is 11.1 Å². The molecular formula is C20H19F3N2O2. The van der Waals surface area contributed by atoms with Crippen LogP contribution in [0.1, 0.15) is 36.5 Å². The van der Waals surface area contributed by atoms with Gasteiger partial charge in [-0.15, -0.1) is 0 Å². The lowest BCUT2D eigenvalue weighted by molar-refractivity contribution is -0.297. The number of carbonyl (C=O) groups excluding carboxylic acids is 1. The van der Waals surface area contributed by atoms with E-state index in [4.69, 9.17) is 0 Å². The number of halogens is 3. The van der Waals surface area contributed by atoms with Crippen molar-refractivity contribution < 1.29 is 23.1 Å². The number of hydrogen-bond acceptors (Lipinski definition) is 3. The van der Waals surface area contributed by atoms with Crippen LogP contribution in [0.5, 0.6) is 0 Å². The summed E-state index contributed by atoms with van der Waals surface area (Å²) in [6.07, 6.45) is -4.88. The molecule has 3 rings (SSSR count). The lowest BCUT2D eigenvalue weighted by Gasteiger charge is -2.32. The van der Waals surface area contributed by atoms with Crippen LogP contribution in [0.4, 0.5) is 13.2 Å². The Kier molecular flexibility index (Phi) is 5.06. The highest BCUT2D eigenvalue weighted by Crippen LogP contribution is 2.41. The maximum absolute atomic E-state index is 13.5. The Hall–Kier alpha value is -2.67. The van der Waals surface area contributed by atoms with Crippen LogP contribution in [-0.2, 0) is 0 Å². The van der Waals surface area contributed by atoms with E-state index in [-0.39, 0.29) is 22.7 Å². The van der Waals surface area contributed by atoms with Gasteiger partial charge in [0.15, 0.2) is 0 Å². The van der Waals surface area contributed by atoms with Crippen LogP contribution in [0, 0.1) is 0 Å². The van der Waals surface area contributed by atoms with Crippen molar-refractivity contribution in [3.63, 3.8) is 0 Å². The fourth-order valence-electron chi connectivity index (χ4n) is 3.04. The highest BCUT2D eigenvalue weighted by Gasteiger charge is 2.63. The fraction of sp³-hybridized carbons (Fsp3) is 0.300. The van der Waals surface area contributed by atoms with Gasteiger partial charge in [0, 0.05) is 17.7 Å². The topological polar surface area (TPSA) is 52.9 Å². The van der Waals surface area contributed by atoms with Crippen LogP contribution < -0.4 is 0 Å². The molecule has 0 aliphatic carbocycles. The maximum atomic E-state index is 13.5. The zero-order valence-electron chi connectivity index (χ0n) is 14.7. The fourth-order valence-corrected chi connectivity index (χ4v) is 3.04. The Bertz CT molecular complexity index is 848. The van der Waals surface area contributed by atoms with E-state index in [1.54, 1.807) is 19.1 Å². The molecule has 2 aromatic rings. The van der Waals surface area contributed by atoms with Crippen LogP contribution in [0.2, 0.25) is 0 Å². The number of hydrazone groups is 1. The number of alkyl halides is 3. The Labute approximate surface area is 154 Å². The first-order chi connectivity index (χ1) is 12.8. The Morgan fingerprint density at radius 1 is 1.11 bits per heavy atom. The molecule has 0 spiro atoms. The molecule has 2 aromatic carbocycles. The van der Waals surface area contributed by atoms with Crippen molar-refractivity contribution in [3.05, 3.63) is 60.2 Å². The largest absolute Gasteiger partial charge is 0.438 e. The maximum Gasteiger partial charge on any atom is 0.438 e. The van der Waals surface area contributed by atoms with E-state index in [1.807, 2.05) is 30.3 Å². The van der Waals surface area contributed by atoms with Crippen molar-refractivity contribution in [2.75, 3.05) is 0 Å². The van der Waals surface area contributed by atoms with Gasteiger partial charge in [-0.25, -0.2) is 0 Å². The molecule has 0 saturated carbocycles. The zero-order chi connectivity index (χ0) is 19.7. The summed E-state index contributed by atoms with van der Waals surface area (Å²) < 4.78 is 40.4. The SMILES string of the molecule is CCCC1=NN(C(=O)c2ccc(-c3ccccc3)cc2)[C@](O)(C(F)(F)F)C1. The van der Waals surface area contributed by atoms with Crippen molar-refractivity contribution in [2.45, 2.75) is 38.1 Å². The number of benzene rings is 2. The van der Waals surface area contributed by atoms with E-state index in [1.165, 1.54) is 12.1 Å². The molecule has 7 heteroatoms. The van der Waals surface area contributed by atoms with E-state index in [0.29, 0.717) is 6.42 Å². The minimum absolute atomic E-state index is 0.0267. The van der Waals surface area contributed by atoms with Gasteiger partial charge in [0.2, 0.25) is 0 Å². The van der Waals surface area contributed by atoms with Gasteiger partial charge in [-0.2, -0.15) is 23.3 Å². The minimum Gasteiger partial charge on any atom is -0.362 e. The van der Waals surface area contributed by atoms with Crippen molar-refractivity contribution in [3.8, 4) is 11.1 Å². The number of aliphatic hydroxyl groups is 1. The van der Waals surface area contributed by atoms with Crippen molar-refractivity contribution >= 4 is 11.6 Å². The number of nitrogens with zero attached hydrogens (tertiary/aromatic N) is 2. The highest BCUT2D eigenvalue weighted by molar-refractivity contribution is 5.98. The molecular weight excluding hydrogens is 357 g/mol. The van der Waals surface area contributed by atoms with Gasteiger partial charge in [-0.05, 0) is 29.7 Å². The molecule has 1 amide bonds. The van der Waals surface area contributed by atoms with Crippen LogP contribution in [0.3, 0.4) is 0 Å². The number of carbonyl (C=O) groups is 1. The van der Waals surface area contributed by atoms with E-state index in [2.05, 4.69) is 5.10 Å². The van der Waals surface area contributed by atoms with E-state index in [9.17, 15) is 23.1 Å². The molecule has 0 bridgehead atoms. The Morgan fingerprint density at radius 2 is 1.70 bits per heavy atom. The van der Waals surface area contributed by atoms with Crippen molar-refractivity contribution in [1.82, 2.24) is 5.01 Å². The minimum atomic E-state index is -5.01. The molecule has 0 unspecified atom stereocenters. The molecule has 142 valence electrons. The van der Waals surface area contributed by atoms with Crippen LogP contribution >= 0.6 is 0 Å². The molecule has 1 aliphatic rings. The average Bonchev–Trinajstić information content (AvgIpc) is 3.00. The van der Waals surface area contributed by atoms with Crippen molar-refractivity contribution in [2.24, 2.45) is 5.10 Å². The molecule has 0 aromatic heterocycles. The predicted molar refractivity (Wildman–Crippen MR) is 96.0 cm³/mol. The second kappa shape index (κ2) is 7.15. The molecule has 0 radical (unpaired) electrons.